The molecule has 3 aliphatic rings. The smallest absolute Gasteiger partial charge is 0.247 e. The van der Waals surface area contributed by atoms with Gasteiger partial charge in [-0.2, -0.15) is 0 Å². The Morgan fingerprint density at radius 2 is 0.821 bits per heavy atom. The van der Waals surface area contributed by atoms with Crippen molar-refractivity contribution in [3.63, 3.8) is 0 Å². The first-order valence-corrected chi connectivity index (χ1v) is 10.0. The Labute approximate surface area is 165 Å². The minimum atomic E-state index is -0.842. The molecular formula is C24H26N2O2. The number of rotatable bonds is 0. The molecule has 144 valence electrons. The highest BCUT2D eigenvalue weighted by Gasteiger charge is 2.57. The fourth-order valence-corrected chi connectivity index (χ4v) is 5.24. The van der Waals surface area contributed by atoms with Gasteiger partial charge in [-0.3, -0.25) is 9.59 Å². The highest BCUT2D eigenvalue weighted by molar-refractivity contribution is 6.04. The van der Waals surface area contributed by atoms with Crippen LogP contribution < -0.4 is 10.6 Å². The van der Waals surface area contributed by atoms with Crippen LogP contribution in [0.2, 0.25) is 0 Å². The second kappa shape index (κ2) is 5.47. The summed E-state index contributed by atoms with van der Waals surface area (Å²) < 4.78 is 0. The summed E-state index contributed by atoms with van der Waals surface area (Å²) in [5.74, 6) is -0.0836. The number of benzene rings is 2. The normalized spacial score (nSPS) is 20.9. The standard InChI is InChI=1S/C24H26N2O2/c1-13-5-17-9-23(10-18(17)6-14(13)2)21(27)26-24(22(28)25-23)11-19-7-15(3)16(4)8-20(19)12-24/h5-8H,9-12H2,1-4H3,(H,25,28)(H,26,27). The summed E-state index contributed by atoms with van der Waals surface area (Å²) in [7, 11) is 0. The van der Waals surface area contributed by atoms with E-state index in [0.29, 0.717) is 25.7 Å². The molecule has 28 heavy (non-hydrogen) atoms. The van der Waals surface area contributed by atoms with Gasteiger partial charge in [-0.15, -0.1) is 0 Å². The van der Waals surface area contributed by atoms with Crippen molar-refractivity contribution in [2.75, 3.05) is 0 Å². The monoisotopic (exact) mass is 374 g/mol. The maximum Gasteiger partial charge on any atom is 0.247 e. The van der Waals surface area contributed by atoms with Gasteiger partial charge in [0, 0.05) is 25.7 Å². The van der Waals surface area contributed by atoms with Crippen LogP contribution >= 0.6 is 0 Å². The molecule has 0 atom stereocenters. The van der Waals surface area contributed by atoms with Gasteiger partial charge in [-0.05, 0) is 72.2 Å². The summed E-state index contributed by atoms with van der Waals surface area (Å²) in [4.78, 5) is 26.6. The molecule has 4 nitrogen and oxygen atoms in total. The Morgan fingerprint density at radius 3 is 1.07 bits per heavy atom. The van der Waals surface area contributed by atoms with Gasteiger partial charge in [-0.1, -0.05) is 24.3 Å². The van der Waals surface area contributed by atoms with Gasteiger partial charge in [0.2, 0.25) is 11.8 Å². The lowest BCUT2D eigenvalue weighted by molar-refractivity contribution is -0.145. The van der Waals surface area contributed by atoms with Gasteiger partial charge in [-0.25, -0.2) is 0 Å². The maximum atomic E-state index is 13.3. The number of amides is 2. The molecule has 2 aromatic carbocycles. The third kappa shape index (κ3) is 2.30. The van der Waals surface area contributed by atoms with Gasteiger partial charge in [0.25, 0.3) is 0 Å². The molecule has 1 fully saturated rings. The van der Waals surface area contributed by atoms with Crippen LogP contribution in [0.4, 0.5) is 0 Å². The Balaban J connectivity index is 1.46. The predicted molar refractivity (Wildman–Crippen MR) is 108 cm³/mol. The minimum absolute atomic E-state index is 0.0418. The molecule has 1 aliphatic heterocycles. The van der Waals surface area contributed by atoms with Crippen LogP contribution in [0.5, 0.6) is 0 Å². The molecule has 4 heteroatoms. The van der Waals surface area contributed by atoms with Crippen LogP contribution in [0.25, 0.3) is 0 Å². The summed E-state index contributed by atoms with van der Waals surface area (Å²) in [6.07, 6.45) is 2.29. The van der Waals surface area contributed by atoms with Crippen molar-refractivity contribution < 1.29 is 9.59 Å². The lowest BCUT2D eigenvalue weighted by Crippen LogP contribution is -2.75. The molecule has 0 radical (unpaired) electrons. The van der Waals surface area contributed by atoms with Gasteiger partial charge >= 0.3 is 0 Å². The van der Waals surface area contributed by atoms with Crippen molar-refractivity contribution in [1.82, 2.24) is 10.6 Å². The third-order valence-electron chi connectivity index (χ3n) is 7.18. The Kier molecular flexibility index (Phi) is 3.41. The molecule has 2 spiro atoms. The van der Waals surface area contributed by atoms with E-state index < -0.39 is 11.1 Å². The number of carbonyl (C=O) groups excluding carboxylic acids is 2. The molecule has 0 saturated carbocycles. The second-order valence-corrected chi connectivity index (χ2v) is 9.19. The zero-order valence-electron chi connectivity index (χ0n) is 17.0. The second-order valence-electron chi connectivity index (χ2n) is 9.19. The van der Waals surface area contributed by atoms with E-state index in [1.165, 1.54) is 44.5 Å². The molecular weight excluding hydrogens is 348 g/mol. The molecule has 2 aliphatic carbocycles. The van der Waals surface area contributed by atoms with E-state index in [4.69, 9.17) is 0 Å². The summed E-state index contributed by atoms with van der Waals surface area (Å²) in [5.41, 5.74) is 7.94. The molecule has 0 bridgehead atoms. The number of hydrogen-bond donors (Lipinski definition) is 2. The average Bonchev–Trinajstić information content (AvgIpc) is 3.13. The number of carbonyl (C=O) groups is 2. The highest BCUT2D eigenvalue weighted by Crippen LogP contribution is 2.39. The maximum absolute atomic E-state index is 13.3. The summed E-state index contributed by atoms with van der Waals surface area (Å²) in [5, 5.41) is 6.35. The molecule has 1 heterocycles. The van der Waals surface area contributed by atoms with Crippen molar-refractivity contribution in [1.29, 1.82) is 0 Å². The highest BCUT2D eigenvalue weighted by atomic mass is 16.2. The van der Waals surface area contributed by atoms with Crippen molar-refractivity contribution in [2.45, 2.75) is 64.5 Å². The molecule has 0 unspecified atom stereocenters. The molecule has 1 saturated heterocycles. The molecule has 5 rings (SSSR count). The lowest BCUT2D eigenvalue weighted by atomic mass is 9.83. The molecule has 2 aromatic rings. The average molecular weight is 374 g/mol. The first-order valence-electron chi connectivity index (χ1n) is 10.0. The fraction of sp³-hybridized carbons (Fsp3) is 0.417. The number of piperazine rings is 1. The zero-order valence-corrected chi connectivity index (χ0v) is 17.0. The predicted octanol–water partition coefficient (Wildman–Crippen LogP) is 2.54. The van der Waals surface area contributed by atoms with Crippen molar-refractivity contribution in [3.8, 4) is 0 Å². The van der Waals surface area contributed by atoms with Gasteiger partial charge in [0.15, 0.2) is 0 Å². The minimum Gasteiger partial charge on any atom is -0.339 e. The number of hydrogen-bond acceptors (Lipinski definition) is 2. The largest absolute Gasteiger partial charge is 0.339 e. The fourth-order valence-electron chi connectivity index (χ4n) is 5.24. The third-order valence-corrected chi connectivity index (χ3v) is 7.18. The number of aryl methyl sites for hydroxylation is 4. The van der Waals surface area contributed by atoms with Crippen LogP contribution in [0, 0.1) is 27.7 Å². The van der Waals surface area contributed by atoms with E-state index in [9.17, 15) is 9.59 Å². The Hall–Kier alpha value is -2.62. The summed E-state index contributed by atoms with van der Waals surface area (Å²) >= 11 is 0. The van der Waals surface area contributed by atoms with E-state index in [0.717, 1.165) is 0 Å². The van der Waals surface area contributed by atoms with Gasteiger partial charge < -0.3 is 10.6 Å². The van der Waals surface area contributed by atoms with Crippen molar-refractivity contribution in [3.05, 3.63) is 68.8 Å². The number of nitrogens with one attached hydrogen (secondary N) is 2. The zero-order chi connectivity index (χ0) is 19.8. The SMILES string of the molecule is Cc1cc2c(cc1C)CC1(C2)NC(=O)C2(Cc3cc(C)c(C)cc3C2)NC1=O. The van der Waals surface area contributed by atoms with E-state index in [2.05, 4.69) is 62.6 Å². The quantitative estimate of drug-likeness (QED) is 0.745. The van der Waals surface area contributed by atoms with Crippen LogP contribution in [-0.2, 0) is 35.3 Å². The first-order chi connectivity index (χ1) is 13.2. The summed E-state index contributed by atoms with van der Waals surface area (Å²) in [6.45, 7) is 8.37. The van der Waals surface area contributed by atoms with Crippen molar-refractivity contribution >= 4 is 11.8 Å². The van der Waals surface area contributed by atoms with E-state index in [1.54, 1.807) is 0 Å². The molecule has 0 aromatic heterocycles. The molecule has 2 N–H and O–H groups in total. The lowest BCUT2D eigenvalue weighted by Gasteiger charge is -2.42. The summed E-state index contributed by atoms with van der Waals surface area (Å²) in [6, 6.07) is 8.67. The topological polar surface area (TPSA) is 58.2 Å². The van der Waals surface area contributed by atoms with Crippen molar-refractivity contribution in [2.24, 2.45) is 0 Å². The van der Waals surface area contributed by atoms with E-state index in [1.807, 2.05) is 0 Å². The Morgan fingerprint density at radius 1 is 0.571 bits per heavy atom. The van der Waals surface area contributed by atoms with Crippen LogP contribution in [0.15, 0.2) is 24.3 Å². The van der Waals surface area contributed by atoms with Crippen LogP contribution in [0.3, 0.4) is 0 Å². The van der Waals surface area contributed by atoms with Crippen LogP contribution in [-0.4, -0.2) is 22.9 Å². The van der Waals surface area contributed by atoms with E-state index in [-0.39, 0.29) is 11.8 Å². The van der Waals surface area contributed by atoms with Crippen LogP contribution in [0.1, 0.15) is 44.5 Å². The van der Waals surface area contributed by atoms with Gasteiger partial charge in [0.1, 0.15) is 11.1 Å². The van der Waals surface area contributed by atoms with Gasteiger partial charge in [0.05, 0.1) is 0 Å². The van der Waals surface area contributed by atoms with E-state index >= 15 is 0 Å². The number of fused-ring (bicyclic) bond motifs is 2. The molecule has 2 amide bonds. The first kappa shape index (κ1) is 17.5. The Bertz CT molecular complexity index is 919.